The summed E-state index contributed by atoms with van der Waals surface area (Å²) < 4.78 is 32.6. The molecular formula is C10H15F2N3O6. The number of azide groups is 1. The van der Waals surface area contributed by atoms with Crippen LogP contribution in [-0.2, 0) is 9.53 Å². The van der Waals surface area contributed by atoms with Crippen molar-refractivity contribution in [2.45, 2.75) is 43.3 Å². The zero-order chi connectivity index (χ0) is 16.4. The van der Waals surface area contributed by atoms with Gasteiger partial charge in [0.2, 0.25) is 0 Å². The molecule has 0 saturated carbocycles. The molecule has 0 radical (unpaired) electrons. The van der Waals surface area contributed by atoms with E-state index in [4.69, 9.17) is 15.7 Å². The fourth-order valence-electron chi connectivity index (χ4n) is 2.15. The second-order valence-corrected chi connectivity index (χ2v) is 4.73. The van der Waals surface area contributed by atoms with Crippen molar-refractivity contribution in [1.29, 1.82) is 0 Å². The Morgan fingerprint density at radius 1 is 1.57 bits per heavy atom. The minimum atomic E-state index is -3.84. The molecule has 1 rings (SSSR count). The fourth-order valence-corrected chi connectivity index (χ4v) is 2.15. The van der Waals surface area contributed by atoms with E-state index in [1.807, 2.05) is 0 Å². The Morgan fingerprint density at radius 3 is 2.57 bits per heavy atom. The van der Waals surface area contributed by atoms with E-state index in [2.05, 4.69) is 14.8 Å². The van der Waals surface area contributed by atoms with Crippen LogP contribution in [0.15, 0.2) is 5.11 Å². The maximum atomic E-state index is 14.2. The molecule has 1 fully saturated rings. The molecule has 11 heteroatoms. The summed E-state index contributed by atoms with van der Waals surface area (Å²) in [4.78, 5) is 13.2. The quantitative estimate of drug-likeness (QED) is 0.305. The Hall–Kier alpha value is -1.52. The van der Waals surface area contributed by atoms with Crippen LogP contribution in [0.5, 0.6) is 0 Å². The lowest BCUT2D eigenvalue weighted by molar-refractivity contribution is -0.282. The second kappa shape index (κ2) is 6.50. The van der Waals surface area contributed by atoms with Crippen LogP contribution < -0.4 is 0 Å². The highest BCUT2D eigenvalue weighted by atomic mass is 19.2. The first kappa shape index (κ1) is 17.5. The highest BCUT2D eigenvalue weighted by Crippen LogP contribution is 2.40. The Balaban J connectivity index is 3.21. The van der Waals surface area contributed by atoms with Crippen molar-refractivity contribution in [3.05, 3.63) is 10.4 Å². The summed E-state index contributed by atoms with van der Waals surface area (Å²) in [6.45, 7) is 0.316. The van der Waals surface area contributed by atoms with Crippen molar-refractivity contribution in [2.24, 2.45) is 11.0 Å². The van der Waals surface area contributed by atoms with Crippen LogP contribution in [0.1, 0.15) is 6.92 Å². The molecule has 0 amide bonds. The van der Waals surface area contributed by atoms with Crippen molar-refractivity contribution in [2.75, 3.05) is 6.61 Å². The summed E-state index contributed by atoms with van der Waals surface area (Å²) in [6.07, 6.45) is -8.16. The molecule has 4 N–H and O–H groups in total. The molecule has 1 saturated heterocycles. The zero-order valence-electron chi connectivity index (χ0n) is 10.9. The van der Waals surface area contributed by atoms with E-state index in [9.17, 15) is 23.8 Å². The first-order valence-electron chi connectivity index (χ1n) is 5.96. The number of hydrogen-bond acceptors (Lipinski definition) is 6. The van der Waals surface area contributed by atoms with Gasteiger partial charge in [0.25, 0.3) is 0 Å². The molecule has 0 spiro atoms. The van der Waals surface area contributed by atoms with Gasteiger partial charge in [-0.2, -0.15) is 4.39 Å². The van der Waals surface area contributed by atoms with Crippen LogP contribution >= 0.6 is 0 Å². The topological polar surface area (TPSA) is 156 Å². The summed E-state index contributed by atoms with van der Waals surface area (Å²) in [5.74, 6) is -7.28. The lowest BCUT2D eigenvalue weighted by atomic mass is 9.82. The van der Waals surface area contributed by atoms with E-state index >= 15 is 0 Å². The molecule has 0 aromatic heterocycles. The Bertz CT molecular complexity index is 449. The van der Waals surface area contributed by atoms with Crippen LogP contribution in [0.2, 0.25) is 0 Å². The number of carboxylic acids is 1. The van der Waals surface area contributed by atoms with Gasteiger partial charge in [-0.15, -0.1) is 0 Å². The molecule has 1 aliphatic rings. The smallest absolute Gasteiger partial charge is 0.372 e. The molecule has 9 nitrogen and oxygen atoms in total. The molecule has 1 heterocycles. The maximum absolute atomic E-state index is 14.2. The Labute approximate surface area is 117 Å². The Kier molecular flexibility index (Phi) is 5.42. The SMILES string of the molecule is CC1C(N=[N+]=[N-])C(F)C(F)(C(=O)O)OC1C(O)C(O)CO. The Morgan fingerprint density at radius 2 is 2.14 bits per heavy atom. The maximum Gasteiger partial charge on any atom is 0.372 e. The van der Waals surface area contributed by atoms with E-state index in [0.29, 0.717) is 0 Å². The number of hydrogen-bond donors (Lipinski definition) is 4. The molecular weight excluding hydrogens is 296 g/mol. The van der Waals surface area contributed by atoms with E-state index in [1.165, 1.54) is 6.92 Å². The predicted molar refractivity (Wildman–Crippen MR) is 62.4 cm³/mol. The number of nitrogens with zero attached hydrogens (tertiary/aromatic N) is 3. The van der Waals surface area contributed by atoms with Crippen LogP contribution in [-0.4, -0.2) is 69.4 Å². The van der Waals surface area contributed by atoms with E-state index in [1.54, 1.807) is 0 Å². The molecule has 7 atom stereocenters. The fraction of sp³-hybridized carbons (Fsp3) is 0.900. The molecule has 120 valence electrons. The molecule has 0 aliphatic carbocycles. The van der Waals surface area contributed by atoms with Gasteiger partial charge in [-0.1, -0.05) is 12.0 Å². The summed E-state index contributed by atoms with van der Waals surface area (Å²) in [7, 11) is 0. The number of alkyl halides is 2. The monoisotopic (exact) mass is 311 g/mol. The van der Waals surface area contributed by atoms with Crippen LogP contribution in [0.3, 0.4) is 0 Å². The van der Waals surface area contributed by atoms with Gasteiger partial charge in [-0.05, 0) is 11.4 Å². The van der Waals surface area contributed by atoms with Crippen molar-refractivity contribution in [3.8, 4) is 0 Å². The highest BCUT2D eigenvalue weighted by Gasteiger charge is 2.61. The van der Waals surface area contributed by atoms with Crippen LogP contribution in [0, 0.1) is 5.92 Å². The number of carboxylic acid groups (broad SMARTS) is 1. The van der Waals surface area contributed by atoms with Crippen molar-refractivity contribution in [1.82, 2.24) is 0 Å². The van der Waals surface area contributed by atoms with E-state index < -0.39 is 54.9 Å². The molecule has 0 bridgehead atoms. The van der Waals surface area contributed by atoms with Crippen molar-refractivity contribution in [3.63, 3.8) is 0 Å². The van der Waals surface area contributed by atoms with Gasteiger partial charge in [0.05, 0.1) is 18.8 Å². The van der Waals surface area contributed by atoms with Gasteiger partial charge in [0.1, 0.15) is 12.2 Å². The number of halogens is 2. The van der Waals surface area contributed by atoms with Crippen molar-refractivity contribution >= 4 is 5.97 Å². The molecule has 1 aliphatic heterocycles. The molecule has 0 aromatic carbocycles. The molecule has 21 heavy (non-hydrogen) atoms. The number of aliphatic hydroxyl groups excluding tert-OH is 3. The second-order valence-electron chi connectivity index (χ2n) is 4.73. The molecule has 7 unspecified atom stereocenters. The summed E-state index contributed by atoms with van der Waals surface area (Å²) >= 11 is 0. The van der Waals surface area contributed by atoms with Gasteiger partial charge in [0, 0.05) is 4.91 Å². The first-order chi connectivity index (χ1) is 9.70. The van der Waals surface area contributed by atoms with E-state index in [-0.39, 0.29) is 0 Å². The average Bonchev–Trinajstić information content (AvgIpc) is 2.45. The third-order valence-corrected chi connectivity index (χ3v) is 3.41. The summed E-state index contributed by atoms with van der Waals surface area (Å²) in [5, 5.41) is 39.6. The van der Waals surface area contributed by atoms with Gasteiger partial charge >= 0.3 is 11.8 Å². The third kappa shape index (κ3) is 3.06. The minimum absolute atomic E-state index is 0.911. The van der Waals surface area contributed by atoms with Gasteiger partial charge in [-0.3, -0.25) is 0 Å². The number of aliphatic carboxylic acids is 1. The van der Waals surface area contributed by atoms with Crippen molar-refractivity contribution < 1.29 is 38.7 Å². The number of carbonyl (C=O) groups is 1. The predicted octanol–water partition coefficient (Wildman–Crippen LogP) is -0.497. The van der Waals surface area contributed by atoms with Gasteiger partial charge < -0.3 is 25.2 Å². The zero-order valence-corrected chi connectivity index (χ0v) is 10.9. The first-order valence-corrected chi connectivity index (χ1v) is 5.96. The van der Waals surface area contributed by atoms with Gasteiger partial charge in [0.15, 0.2) is 6.17 Å². The lowest BCUT2D eigenvalue weighted by Crippen LogP contribution is -2.64. The largest absolute Gasteiger partial charge is 0.477 e. The summed E-state index contributed by atoms with van der Waals surface area (Å²) in [6, 6.07) is -1.77. The van der Waals surface area contributed by atoms with Gasteiger partial charge in [-0.25, -0.2) is 9.18 Å². The van der Waals surface area contributed by atoms with Crippen LogP contribution in [0.4, 0.5) is 8.78 Å². The third-order valence-electron chi connectivity index (χ3n) is 3.41. The van der Waals surface area contributed by atoms with E-state index in [0.717, 1.165) is 0 Å². The van der Waals surface area contributed by atoms with Crippen LogP contribution in [0.25, 0.3) is 10.4 Å². The summed E-state index contributed by atoms with van der Waals surface area (Å²) in [5.41, 5.74) is 8.37. The highest BCUT2D eigenvalue weighted by molar-refractivity contribution is 5.76. The number of ether oxygens (including phenoxy) is 1. The number of rotatable bonds is 5. The standard InChI is InChI=1S/C10H15F2N3O6/c1-3-5(14-15-13)8(11)10(12,9(19)20)21-7(3)6(18)4(17)2-16/h3-8,16-18H,2H2,1H3,(H,19,20). The number of aliphatic hydroxyl groups is 3. The average molecular weight is 311 g/mol. The lowest BCUT2D eigenvalue weighted by Gasteiger charge is -2.44. The minimum Gasteiger partial charge on any atom is -0.477 e. The molecule has 0 aromatic rings. The normalized spacial score (nSPS) is 39.1.